The summed E-state index contributed by atoms with van der Waals surface area (Å²) in [4.78, 5) is 8.37. The van der Waals surface area contributed by atoms with Gasteiger partial charge < -0.3 is 0 Å². The fourth-order valence-electron chi connectivity index (χ4n) is 2.10. The first kappa shape index (κ1) is 11.0. The van der Waals surface area contributed by atoms with E-state index in [2.05, 4.69) is 15.3 Å². The summed E-state index contributed by atoms with van der Waals surface area (Å²) in [6.45, 7) is 1.35. The number of aliphatic imine (C=N–C) groups is 1. The van der Waals surface area contributed by atoms with Gasteiger partial charge >= 0.3 is 0 Å². The molecule has 1 aromatic heterocycles. The standard InChI is InChI=1S/C14H12FN3/c15-11-1-2-12(14-8-17-9-18-14)13(7-11)10-3-5-16-6-4-10/h1-7,17H,8-9H2. The molecule has 0 saturated carbocycles. The number of benzene rings is 1. The van der Waals surface area contributed by atoms with E-state index >= 15 is 0 Å². The largest absolute Gasteiger partial charge is 0.293 e. The summed E-state index contributed by atoms with van der Waals surface area (Å²) < 4.78 is 13.4. The fraction of sp³-hybridized carbons (Fsp3) is 0.143. The molecule has 0 bridgehead atoms. The molecule has 0 amide bonds. The number of halogens is 1. The summed E-state index contributed by atoms with van der Waals surface area (Å²) in [5.41, 5.74) is 3.77. The van der Waals surface area contributed by atoms with Crippen molar-refractivity contribution in [3.8, 4) is 11.1 Å². The second-order valence-electron chi connectivity index (χ2n) is 4.12. The van der Waals surface area contributed by atoms with E-state index in [0.717, 1.165) is 28.9 Å². The van der Waals surface area contributed by atoms with Gasteiger partial charge in [-0.1, -0.05) is 0 Å². The summed E-state index contributed by atoms with van der Waals surface area (Å²) in [5, 5.41) is 3.15. The van der Waals surface area contributed by atoms with Crippen molar-refractivity contribution in [3.05, 3.63) is 54.1 Å². The van der Waals surface area contributed by atoms with E-state index < -0.39 is 0 Å². The molecule has 3 rings (SSSR count). The molecule has 2 aromatic rings. The molecule has 18 heavy (non-hydrogen) atoms. The lowest BCUT2D eigenvalue weighted by atomic mass is 9.97. The van der Waals surface area contributed by atoms with Gasteiger partial charge in [0.25, 0.3) is 0 Å². The maximum atomic E-state index is 13.4. The molecule has 0 aliphatic carbocycles. The minimum Gasteiger partial charge on any atom is -0.293 e. The van der Waals surface area contributed by atoms with Crippen LogP contribution in [0, 0.1) is 5.82 Å². The van der Waals surface area contributed by atoms with Crippen molar-refractivity contribution in [3.63, 3.8) is 0 Å². The molecule has 90 valence electrons. The highest BCUT2D eigenvalue weighted by Gasteiger charge is 2.14. The Hall–Kier alpha value is -2.07. The second-order valence-corrected chi connectivity index (χ2v) is 4.12. The Morgan fingerprint density at radius 2 is 1.89 bits per heavy atom. The highest BCUT2D eigenvalue weighted by molar-refractivity contribution is 6.07. The van der Waals surface area contributed by atoms with Crippen LogP contribution < -0.4 is 5.32 Å². The minimum absolute atomic E-state index is 0.239. The molecule has 1 aliphatic rings. The molecule has 0 unspecified atom stereocenters. The van der Waals surface area contributed by atoms with E-state index in [1.807, 2.05) is 12.1 Å². The highest BCUT2D eigenvalue weighted by Crippen LogP contribution is 2.25. The number of nitrogens with one attached hydrogen (secondary N) is 1. The van der Waals surface area contributed by atoms with Crippen LogP contribution in [0.3, 0.4) is 0 Å². The van der Waals surface area contributed by atoms with Gasteiger partial charge in [-0.05, 0) is 41.5 Å². The third-order valence-electron chi connectivity index (χ3n) is 2.96. The van der Waals surface area contributed by atoms with Crippen molar-refractivity contribution in [2.75, 3.05) is 13.2 Å². The SMILES string of the molecule is Fc1ccc(C2=NCNC2)c(-c2ccncc2)c1. The molecule has 0 spiro atoms. The van der Waals surface area contributed by atoms with Crippen LogP contribution in [0.15, 0.2) is 47.7 Å². The number of rotatable bonds is 2. The van der Waals surface area contributed by atoms with Gasteiger partial charge in [-0.15, -0.1) is 0 Å². The van der Waals surface area contributed by atoms with Crippen LogP contribution in [0.25, 0.3) is 11.1 Å². The zero-order valence-electron chi connectivity index (χ0n) is 9.73. The topological polar surface area (TPSA) is 37.3 Å². The van der Waals surface area contributed by atoms with Crippen LogP contribution in [-0.2, 0) is 0 Å². The average Bonchev–Trinajstić information content (AvgIpc) is 2.93. The molecule has 4 heteroatoms. The van der Waals surface area contributed by atoms with Crippen molar-refractivity contribution in [2.45, 2.75) is 0 Å². The lowest BCUT2D eigenvalue weighted by Gasteiger charge is -2.09. The number of hydrogen-bond donors (Lipinski definition) is 1. The molecular weight excluding hydrogens is 229 g/mol. The molecule has 1 N–H and O–H groups in total. The van der Waals surface area contributed by atoms with Crippen molar-refractivity contribution in [1.82, 2.24) is 10.3 Å². The zero-order chi connectivity index (χ0) is 12.4. The van der Waals surface area contributed by atoms with Gasteiger partial charge in [-0.3, -0.25) is 15.3 Å². The van der Waals surface area contributed by atoms with Gasteiger partial charge in [0.1, 0.15) is 5.82 Å². The molecule has 1 aliphatic heterocycles. The van der Waals surface area contributed by atoms with Crippen LogP contribution in [-0.4, -0.2) is 23.9 Å². The van der Waals surface area contributed by atoms with E-state index in [-0.39, 0.29) is 5.82 Å². The number of hydrogen-bond acceptors (Lipinski definition) is 3. The normalized spacial score (nSPS) is 14.6. The predicted octanol–water partition coefficient (Wildman–Crippen LogP) is 2.24. The van der Waals surface area contributed by atoms with E-state index in [4.69, 9.17) is 0 Å². The molecule has 0 fully saturated rings. The zero-order valence-corrected chi connectivity index (χ0v) is 9.73. The van der Waals surface area contributed by atoms with Gasteiger partial charge in [0.05, 0.1) is 12.4 Å². The average molecular weight is 241 g/mol. The van der Waals surface area contributed by atoms with Crippen LogP contribution in [0.2, 0.25) is 0 Å². The summed E-state index contributed by atoms with van der Waals surface area (Å²) >= 11 is 0. The first-order valence-electron chi connectivity index (χ1n) is 5.79. The van der Waals surface area contributed by atoms with Crippen molar-refractivity contribution >= 4 is 5.71 Å². The maximum Gasteiger partial charge on any atom is 0.123 e. The Morgan fingerprint density at radius 1 is 1.06 bits per heavy atom. The molecular formula is C14H12FN3. The molecule has 2 heterocycles. The van der Waals surface area contributed by atoms with E-state index in [9.17, 15) is 4.39 Å². The Balaban J connectivity index is 2.15. The summed E-state index contributed by atoms with van der Waals surface area (Å²) in [6, 6.07) is 8.56. The Labute approximate surface area is 104 Å². The lowest BCUT2D eigenvalue weighted by molar-refractivity contribution is 0.628. The minimum atomic E-state index is -0.239. The molecule has 1 aromatic carbocycles. The molecule has 0 saturated heterocycles. The third kappa shape index (κ3) is 2.02. The maximum absolute atomic E-state index is 13.4. The highest BCUT2D eigenvalue weighted by atomic mass is 19.1. The van der Waals surface area contributed by atoms with Crippen molar-refractivity contribution in [1.29, 1.82) is 0 Å². The van der Waals surface area contributed by atoms with Gasteiger partial charge in [-0.25, -0.2) is 4.39 Å². The lowest BCUT2D eigenvalue weighted by Crippen LogP contribution is -2.14. The van der Waals surface area contributed by atoms with E-state index in [0.29, 0.717) is 6.67 Å². The predicted molar refractivity (Wildman–Crippen MR) is 69.0 cm³/mol. The summed E-state index contributed by atoms with van der Waals surface area (Å²) in [6.07, 6.45) is 3.41. The number of pyridine rings is 1. The molecule has 0 atom stereocenters. The van der Waals surface area contributed by atoms with Gasteiger partial charge in [0.15, 0.2) is 0 Å². The molecule has 3 nitrogen and oxygen atoms in total. The van der Waals surface area contributed by atoms with Crippen molar-refractivity contribution in [2.24, 2.45) is 4.99 Å². The van der Waals surface area contributed by atoms with E-state index in [1.54, 1.807) is 24.5 Å². The first-order chi connectivity index (χ1) is 8.84. The monoisotopic (exact) mass is 241 g/mol. The van der Waals surface area contributed by atoms with Crippen LogP contribution >= 0.6 is 0 Å². The van der Waals surface area contributed by atoms with Gasteiger partial charge in [0.2, 0.25) is 0 Å². The van der Waals surface area contributed by atoms with Crippen LogP contribution in [0.5, 0.6) is 0 Å². The Bertz CT molecular complexity index is 593. The Morgan fingerprint density at radius 3 is 2.61 bits per heavy atom. The summed E-state index contributed by atoms with van der Waals surface area (Å²) in [7, 11) is 0. The smallest absolute Gasteiger partial charge is 0.123 e. The van der Waals surface area contributed by atoms with Gasteiger partial charge in [0, 0.05) is 24.5 Å². The van der Waals surface area contributed by atoms with Crippen molar-refractivity contribution < 1.29 is 4.39 Å². The first-order valence-corrected chi connectivity index (χ1v) is 5.79. The second kappa shape index (κ2) is 4.66. The van der Waals surface area contributed by atoms with E-state index in [1.165, 1.54) is 6.07 Å². The fourth-order valence-corrected chi connectivity index (χ4v) is 2.10. The number of aromatic nitrogens is 1. The third-order valence-corrected chi connectivity index (χ3v) is 2.96. The van der Waals surface area contributed by atoms with Crippen LogP contribution in [0.1, 0.15) is 5.56 Å². The van der Waals surface area contributed by atoms with Crippen LogP contribution in [0.4, 0.5) is 4.39 Å². The Kier molecular flexibility index (Phi) is 2.86. The summed E-state index contributed by atoms with van der Waals surface area (Å²) in [5.74, 6) is -0.239. The van der Waals surface area contributed by atoms with Gasteiger partial charge in [-0.2, -0.15) is 0 Å². The molecule has 0 radical (unpaired) electrons. The quantitative estimate of drug-likeness (QED) is 0.875. The number of nitrogens with zero attached hydrogens (tertiary/aromatic N) is 2.